The third-order valence-corrected chi connectivity index (χ3v) is 5.54. The van der Waals surface area contributed by atoms with E-state index in [9.17, 15) is 9.59 Å². The summed E-state index contributed by atoms with van der Waals surface area (Å²) in [6.45, 7) is 4.67. The first-order valence-electron chi connectivity index (χ1n) is 10.8. The van der Waals surface area contributed by atoms with E-state index >= 15 is 0 Å². The summed E-state index contributed by atoms with van der Waals surface area (Å²) in [5, 5.41) is 3.17. The minimum absolute atomic E-state index is 0. The molecule has 3 unspecified atom stereocenters. The molecular weight excluding hydrogens is 447 g/mol. The standard InChI is InChI=1S/C24H32N4O2.2ClH/c1-17(2)15-20(25)24(30)28-14-8-12-22(28)23(29)27-21(18-9-4-3-5-10-18)16-19-11-6-7-13-26-19;;/h3-7,9-11,13,17,20-22H,8,12,14-16,25H2,1-2H3,(H,27,29);2*1H. The quantitative estimate of drug-likeness (QED) is 0.602. The van der Waals surface area contributed by atoms with Crippen LogP contribution in [0.2, 0.25) is 0 Å². The van der Waals surface area contributed by atoms with E-state index in [1.165, 1.54) is 0 Å². The van der Waals surface area contributed by atoms with Crippen LogP contribution in [0.4, 0.5) is 0 Å². The number of carbonyl (C=O) groups excluding carboxylic acids is 2. The Bertz CT molecular complexity index is 836. The molecular formula is C24H34Cl2N4O2. The highest BCUT2D eigenvalue weighted by Crippen LogP contribution is 2.23. The van der Waals surface area contributed by atoms with Crippen LogP contribution in [0.1, 0.15) is 50.4 Å². The maximum absolute atomic E-state index is 13.2. The Morgan fingerprint density at radius 3 is 2.44 bits per heavy atom. The van der Waals surface area contributed by atoms with Crippen LogP contribution in [0.3, 0.4) is 0 Å². The molecule has 3 rings (SSSR count). The molecule has 1 aliphatic rings. The molecule has 6 nitrogen and oxygen atoms in total. The van der Waals surface area contributed by atoms with E-state index in [4.69, 9.17) is 5.73 Å². The molecule has 1 aromatic carbocycles. The summed E-state index contributed by atoms with van der Waals surface area (Å²) < 4.78 is 0. The summed E-state index contributed by atoms with van der Waals surface area (Å²) in [6.07, 6.45) is 4.44. The predicted molar refractivity (Wildman–Crippen MR) is 132 cm³/mol. The Kier molecular flexibility index (Phi) is 11.7. The number of hydrogen-bond donors (Lipinski definition) is 2. The van der Waals surface area contributed by atoms with E-state index in [1.54, 1.807) is 11.1 Å². The number of nitrogens with one attached hydrogen (secondary N) is 1. The zero-order valence-electron chi connectivity index (χ0n) is 18.6. The van der Waals surface area contributed by atoms with Gasteiger partial charge in [0.2, 0.25) is 11.8 Å². The number of nitrogens with zero attached hydrogens (tertiary/aromatic N) is 2. The molecule has 3 atom stereocenters. The fraction of sp³-hybridized carbons (Fsp3) is 0.458. The summed E-state index contributed by atoms with van der Waals surface area (Å²) in [5.74, 6) is 0.0874. The highest BCUT2D eigenvalue weighted by Gasteiger charge is 2.37. The van der Waals surface area contributed by atoms with Crippen molar-refractivity contribution in [2.24, 2.45) is 11.7 Å². The fourth-order valence-corrected chi connectivity index (χ4v) is 4.06. The zero-order valence-corrected chi connectivity index (χ0v) is 20.3. The maximum atomic E-state index is 13.2. The van der Waals surface area contributed by atoms with Gasteiger partial charge in [-0.25, -0.2) is 0 Å². The van der Waals surface area contributed by atoms with Crippen molar-refractivity contribution in [1.82, 2.24) is 15.2 Å². The first-order chi connectivity index (χ1) is 14.5. The lowest BCUT2D eigenvalue weighted by Crippen LogP contribution is -2.52. The monoisotopic (exact) mass is 480 g/mol. The third-order valence-electron chi connectivity index (χ3n) is 5.54. The Labute approximate surface area is 203 Å². The van der Waals surface area contributed by atoms with Crippen molar-refractivity contribution in [2.75, 3.05) is 6.54 Å². The Morgan fingerprint density at radius 1 is 1.12 bits per heavy atom. The summed E-state index contributed by atoms with van der Waals surface area (Å²) in [7, 11) is 0. The number of benzene rings is 1. The van der Waals surface area contributed by atoms with Crippen LogP contribution in [0, 0.1) is 5.92 Å². The smallest absolute Gasteiger partial charge is 0.243 e. The normalized spacial score (nSPS) is 17.1. The second-order valence-corrected chi connectivity index (χ2v) is 8.42. The summed E-state index contributed by atoms with van der Waals surface area (Å²) in [5.41, 5.74) is 8.05. The van der Waals surface area contributed by atoms with Crippen LogP contribution in [0.25, 0.3) is 0 Å². The summed E-state index contributed by atoms with van der Waals surface area (Å²) >= 11 is 0. The van der Waals surface area contributed by atoms with Gasteiger partial charge in [-0.3, -0.25) is 14.6 Å². The van der Waals surface area contributed by atoms with Gasteiger partial charge in [0.15, 0.2) is 0 Å². The van der Waals surface area contributed by atoms with E-state index in [0.29, 0.717) is 31.7 Å². The van der Waals surface area contributed by atoms with Crippen LogP contribution in [-0.2, 0) is 16.0 Å². The van der Waals surface area contributed by atoms with Gasteiger partial charge in [-0.1, -0.05) is 50.2 Å². The molecule has 1 fully saturated rings. The minimum atomic E-state index is -0.558. The molecule has 3 N–H and O–H groups in total. The van der Waals surface area contributed by atoms with Gasteiger partial charge in [-0.2, -0.15) is 0 Å². The average Bonchev–Trinajstić information content (AvgIpc) is 3.23. The number of likely N-dealkylation sites (tertiary alicyclic amines) is 1. The van der Waals surface area contributed by atoms with Crippen LogP contribution >= 0.6 is 24.8 Å². The van der Waals surface area contributed by atoms with Gasteiger partial charge in [0.1, 0.15) is 6.04 Å². The van der Waals surface area contributed by atoms with Crippen molar-refractivity contribution in [3.8, 4) is 0 Å². The molecule has 2 aromatic rings. The van der Waals surface area contributed by atoms with Crippen molar-refractivity contribution in [3.05, 3.63) is 66.0 Å². The topological polar surface area (TPSA) is 88.3 Å². The number of nitrogens with two attached hydrogens (primary N) is 1. The van der Waals surface area contributed by atoms with Crippen molar-refractivity contribution in [2.45, 2.75) is 57.7 Å². The van der Waals surface area contributed by atoms with Gasteiger partial charge in [0.05, 0.1) is 12.1 Å². The Hall–Kier alpha value is -2.15. The number of hydrogen-bond acceptors (Lipinski definition) is 4. The SMILES string of the molecule is CC(C)CC(N)C(=O)N1CCCC1C(=O)NC(Cc1ccccn1)c1ccccc1.Cl.Cl. The number of amides is 2. The van der Waals surface area contributed by atoms with Crippen LogP contribution in [-0.4, -0.2) is 40.3 Å². The summed E-state index contributed by atoms with van der Waals surface area (Å²) in [6, 6.07) is 14.4. The van der Waals surface area contributed by atoms with E-state index in [0.717, 1.165) is 17.7 Å². The van der Waals surface area contributed by atoms with Gasteiger partial charge < -0.3 is 16.0 Å². The number of aromatic nitrogens is 1. The van der Waals surface area contributed by atoms with Gasteiger partial charge >= 0.3 is 0 Å². The lowest BCUT2D eigenvalue weighted by atomic mass is 10.0. The van der Waals surface area contributed by atoms with Gasteiger partial charge in [-0.15, -0.1) is 24.8 Å². The van der Waals surface area contributed by atoms with E-state index in [2.05, 4.69) is 10.3 Å². The van der Waals surface area contributed by atoms with Crippen molar-refractivity contribution in [1.29, 1.82) is 0 Å². The van der Waals surface area contributed by atoms with Crippen LogP contribution in [0.5, 0.6) is 0 Å². The second-order valence-electron chi connectivity index (χ2n) is 8.42. The minimum Gasteiger partial charge on any atom is -0.347 e. The lowest BCUT2D eigenvalue weighted by molar-refractivity contribution is -0.140. The van der Waals surface area contributed by atoms with Crippen molar-refractivity contribution >= 4 is 36.6 Å². The summed E-state index contributed by atoms with van der Waals surface area (Å²) in [4.78, 5) is 32.1. The lowest BCUT2D eigenvalue weighted by Gasteiger charge is -2.29. The first-order valence-corrected chi connectivity index (χ1v) is 10.8. The van der Waals surface area contributed by atoms with E-state index < -0.39 is 12.1 Å². The van der Waals surface area contributed by atoms with Crippen molar-refractivity contribution in [3.63, 3.8) is 0 Å². The first kappa shape index (κ1) is 27.9. The number of pyridine rings is 1. The molecule has 2 heterocycles. The number of halogens is 2. The molecule has 1 aliphatic heterocycles. The Morgan fingerprint density at radius 2 is 1.81 bits per heavy atom. The van der Waals surface area contributed by atoms with Gasteiger partial charge in [-0.05, 0) is 42.9 Å². The predicted octanol–water partition coefficient (Wildman–Crippen LogP) is 3.69. The molecule has 1 aromatic heterocycles. The van der Waals surface area contributed by atoms with Crippen LogP contribution < -0.4 is 11.1 Å². The molecule has 32 heavy (non-hydrogen) atoms. The number of carbonyl (C=O) groups is 2. The van der Waals surface area contributed by atoms with Gasteiger partial charge in [0.25, 0.3) is 0 Å². The fourth-order valence-electron chi connectivity index (χ4n) is 4.06. The molecule has 0 aliphatic carbocycles. The van der Waals surface area contributed by atoms with E-state index in [1.807, 2.05) is 62.4 Å². The zero-order chi connectivity index (χ0) is 21.5. The molecule has 2 amide bonds. The van der Waals surface area contributed by atoms with Gasteiger partial charge in [0, 0.05) is 24.9 Å². The molecule has 0 saturated carbocycles. The van der Waals surface area contributed by atoms with Crippen molar-refractivity contribution < 1.29 is 9.59 Å². The Balaban J connectivity index is 0.00000256. The molecule has 0 bridgehead atoms. The van der Waals surface area contributed by atoms with Crippen LogP contribution in [0.15, 0.2) is 54.7 Å². The molecule has 8 heteroatoms. The molecule has 1 saturated heterocycles. The molecule has 0 radical (unpaired) electrons. The highest BCUT2D eigenvalue weighted by atomic mass is 35.5. The molecule has 0 spiro atoms. The molecule has 176 valence electrons. The highest BCUT2D eigenvalue weighted by molar-refractivity contribution is 5.90. The third kappa shape index (κ3) is 7.47. The largest absolute Gasteiger partial charge is 0.347 e. The average molecular weight is 481 g/mol. The second kappa shape index (κ2) is 13.4. The van der Waals surface area contributed by atoms with E-state index in [-0.39, 0.29) is 42.7 Å². The number of rotatable bonds is 8. The maximum Gasteiger partial charge on any atom is 0.243 e.